The molecule has 0 fully saturated rings. The van der Waals surface area contributed by atoms with E-state index in [-0.39, 0.29) is 5.69 Å². The summed E-state index contributed by atoms with van der Waals surface area (Å²) in [6.45, 7) is 0. The highest BCUT2D eigenvalue weighted by Crippen LogP contribution is 2.24. The van der Waals surface area contributed by atoms with Crippen molar-refractivity contribution >= 4 is 23.4 Å². The van der Waals surface area contributed by atoms with Crippen molar-refractivity contribution in [2.45, 2.75) is 6.10 Å². The Balaban J connectivity index is 2.12. The quantitative estimate of drug-likeness (QED) is 0.416. The first-order chi connectivity index (χ1) is 12.2. The third-order valence-electron chi connectivity index (χ3n) is 4.07. The Hall–Kier alpha value is -3.79. The van der Waals surface area contributed by atoms with E-state index in [4.69, 9.17) is 0 Å². The average molecular weight is 352 g/mol. The zero-order valence-corrected chi connectivity index (χ0v) is 12.4. The van der Waals surface area contributed by atoms with Crippen LogP contribution in [0.1, 0.15) is 48.3 Å². The molecule has 1 atom stereocenters. The topological polar surface area (TPSA) is 165 Å². The number of hydrogen-bond acceptors (Lipinski definition) is 10. The Morgan fingerprint density at radius 1 is 0.692 bits per heavy atom. The molecule has 26 heavy (non-hydrogen) atoms. The van der Waals surface area contributed by atoms with E-state index in [1.807, 2.05) is 0 Å². The summed E-state index contributed by atoms with van der Waals surface area (Å²) in [5, 5.41) is 9.53. The Bertz CT molecular complexity index is 1330. The minimum absolute atomic E-state index is 0.124. The molecule has 0 saturated carbocycles. The van der Waals surface area contributed by atoms with Crippen molar-refractivity contribution in [3.05, 3.63) is 80.9 Å². The number of nitrogens with zero attached hydrogens (tertiary/aromatic N) is 2. The lowest BCUT2D eigenvalue weighted by atomic mass is 9.88. The molecule has 0 aliphatic heterocycles. The van der Waals surface area contributed by atoms with Crippen molar-refractivity contribution in [1.82, 2.24) is 9.97 Å². The fraction of sp³-hybridized carbons (Fsp3) is 0.0625. The monoisotopic (exact) mass is 352 g/mol. The highest BCUT2D eigenvalue weighted by Gasteiger charge is 2.40. The summed E-state index contributed by atoms with van der Waals surface area (Å²) < 4.78 is 0. The molecule has 0 bridgehead atoms. The number of fused-ring (bicyclic) bond motifs is 3. The van der Waals surface area contributed by atoms with Gasteiger partial charge in [-0.2, -0.15) is 0 Å². The third kappa shape index (κ3) is 1.75. The molecule has 1 N–H and O–H groups in total. The van der Waals surface area contributed by atoms with Crippen LogP contribution in [0.25, 0.3) is 6.08 Å². The van der Waals surface area contributed by atoms with Gasteiger partial charge in [0.2, 0.25) is 28.2 Å². The van der Waals surface area contributed by atoms with Crippen LogP contribution >= 0.6 is 0 Å². The molecular weight excluding hydrogens is 348 g/mol. The highest BCUT2D eigenvalue weighted by molar-refractivity contribution is 6.27. The van der Waals surface area contributed by atoms with Crippen molar-refractivity contribution in [3.8, 4) is 0 Å². The average Bonchev–Trinajstić information content (AvgIpc) is 2.63. The molecule has 0 amide bonds. The van der Waals surface area contributed by atoms with Gasteiger partial charge >= 0.3 is 0 Å². The molecule has 1 unspecified atom stereocenters. The second-order valence-electron chi connectivity index (χ2n) is 5.55. The van der Waals surface area contributed by atoms with Crippen LogP contribution in [0.2, 0.25) is 0 Å². The van der Waals surface area contributed by atoms with Crippen LogP contribution < -0.4 is 21.7 Å². The van der Waals surface area contributed by atoms with Gasteiger partial charge in [-0.1, -0.05) is 0 Å². The predicted octanol–water partition coefficient (Wildman–Crippen LogP) is -2.86. The summed E-state index contributed by atoms with van der Waals surface area (Å²) in [4.78, 5) is 91.6. The second-order valence-corrected chi connectivity index (χ2v) is 5.55. The fourth-order valence-corrected chi connectivity index (χ4v) is 2.80. The zero-order chi connectivity index (χ0) is 18.9. The fourth-order valence-electron chi connectivity index (χ4n) is 2.80. The minimum Gasteiger partial charge on any atom is -0.381 e. The predicted molar refractivity (Wildman–Crippen MR) is 82.2 cm³/mol. The Morgan fingerprint density at radius 2 is 1.19 bits per heavy atom. The van der Waals surface area contributed by atoms with E-state index in [0.717, 1.165) is 6.08 Å². The van der Waals surface area contributed by atoms with E-state index < -0.39 is 73.4 Å². The van der Waals surface area contributed by atoms with Crippen LogP contribution in [0.15, 0.2) is 25.3 Å². The number of benzene rings is 1. The largest absolute Gasteiger partial charge is 0.381 e. The molecule has 10 heteroatoms. The van der Waals surface area contributed by atoms with Crippen LogP contribution in [0, 0.1) is 0 Å². The van der Waals surface area contributed by atoms with Crippen LogP contribution in [-0.2, 0) is 0 Å². The molecule has 4 rings (SSSR count). The molecule has 0 spiro atoms. The van der Waals surface area contributed by atoms with Gasteiger partial charge in [0.25, 0.3) is 10.9 Å². The van der Waals surface area contributed by atoms with E-state index >= 15 is 0 Å². The summed E-state index contributed by atoms with van der Waals surface area (Å²) in [7, 11) is 0. The standard InChI is InChI=1S/C16H4N2O8/c19-4-2-1-3-7(10(4)20)18-9-8(17-3)11(21)5-6(12(9)22)14(24)16(26)15(25)13(5)23/h1-2,4,19H. The summed E-state index contributed by atoms with van der Waals surface area (Å²) in [5.41, 5.74) is -10.5. The molecule has 126 valence electrons. The first-order valence-corrected chi connectivity index (χ1v) is 7.08. The maximum Gasteiger partial charge on any atom is 0.277 e. The van der Waals surface area contributed by atoms with Crippen LogP contribution in [0.4, 0.5) is 0 Å². The molecular formula is C16H4N2O8. The van der Waals surface area contributed by atoms with Gasteiger partial charge in [0, 0.05) is 0 Å². The van der Waals surface area contributed by atoms with Gasteiger partial charge in [0.05, 0.1) is 16.8 Å². The number of aliphatic hydroxyl groups is 1. The molecule has 2 aliphatic rings. The normalized spacial score (nSPS) is 17.7. The number of hydrogen-bond donors (Lipinski definition) is 1. The van der Waals surface area contributed by atoms with Crippen LogP contribution in [0.3, 0.4) is 0 Å². The maximum atomic E-state index is 12.5. The van der Waals surface area contributed by atoms with Gasteiger partial charge in [-0.05, 0) is 12.2 Å². The number of carbonyl (C=O) groups excluding carboxylic acids is 3. The lowest BCUT2D eigenvalue weighted by molar-refractivity contribution is 0.0810. The Morgan fingerprint density at radius 3 is 1.73 bits per heavy atom. The number of carbonyl (C=O) groups is 3. The van der Waals surface area contributed by atoms with Gasteiger partial charge in [0.15, 0.2) is 0 Å². The zero-order valence-electron chi connectivity index (χ0n) is 12.4. The second kappa shape index (κ2) is 4.86. The van der Waals surface area contributed by atoms with Crippen molar-refractivity contribution < 1.29 is 19.5 Å². The first-order valence-electron chi connectivity index (χ1n) is 7.08. The molecule has 1 aromatic carbocycles. The Kier molecular flexibility index (Phi) is 2.94. The van der Waals surface area contributed by atoms with Gasteiger partial charge in [0.1, 0.15) is 23.2 Å². The van der Waals surface area contributed by atoms with Crippen molar-refractivity contribution in [3.63, 3.8) is 0 Å². The smallest absolute Gasteiger partial charge is 0.277 e. The molecule has 1 aromatic heterocycles. The van der Waals surface area contributed by atoms with Gasteiger partial charge in [-0.25, -0.2) is 9.97 Å². The van der Waals surface area contributed by atoms with Crippen molar-refractivity contribution in [2.75, 3.05) is 0 Å². The number of ketones is 3. The van der Waals surface area contributed by atoms with Gasteiger partial charge < -0.3 is 5.11 Å². The van der Waals surface area contributed by atoms with E-state index in [9.17, 15) is 38.7 Å². The molecule has 2 aliphatic carbocycles. The molecule has 0 saturated heterocycles. The minimum atomic E-state index is -1.72. The third-order valence-corrected chi connectivity index (χ3v) is 4.07. The van der Waals surface area contributed by atoms with Gasteiger partial charge in [-0.3, -0.25) is 33.6 Å². The molecule has 2 aromatic rings. The van der Waals surface area contributed by atoms with E-state index in [0.29, 0.717) is 0 Å². The SMILES string of the molecule is O=C1c2nc3c(nc2C(=O)c2c1c(=O)c(=O)c(=O)c2=O)C(=O)C(O)C=C3. The van der Waals surface area contributed by atoms with Crippen molar-refractivity contribution in [1.29, 1.82) is 0 Å². The summed E-state index contributed by atoms with van der Waals surface area (Å²) in [6, 6.07) is 0. The number of aromatic nitrogens is 2. The maximum absolute atomic E-state index is 12.5. The van der Waals surface area contributed by atoms with Crippen molar-refractivity contribution in [2.24, 2.45) is 0 Å². The van der Waals surface area contributed by atoms with Crippen LogP contribution in [-0.4, -0.2) is 38.5 Å². The van der Waals surface area contributed by atoms with E-state index in [1.54, 1.807) is 0 Å². The van der Waals surface area contributed by atoms with Gasteiger partial charge in [-0.15, -0.1) is 0 Å². The number of rotatable bonds is 0. The summed E-state index contributed by atoms with van der Waals surface area (Å²) in [5.74, 6) is -3.35. The lowest BCUT2D eigenvalue weighted by Crippen LogP contribution is -2.53. The number of aliphatic hydroxyl groups excluding tert-OH is 1. The molecule has 0 radical (unpaired) electrons. The first kappa shape index (κ1) is 15.7. The lowest BCUT2D eigenvalue weighted by Gasteiger charge is -2.18. The van der Waals surface area contributed by atoms with E-state index in [2.05, 4.69) is 9.97 Å². The van der Waals surface area contributed by atoms with Crippen LogP contribution in [0.5, 0.6) is 0 Å². The molecule has 1 heterocycles. The summed E-state index contributed by atoms with van der Waals surface area (Å²) in [6.07, 6.45) is 0.762. The number of Topliss-reactive ketones (excluding diaryl/α,β-unsaturated/α-hetero) is 1. The molecule has 10 nitrogen and oxygen atoms in total. The summed E-state index contributed by atoms with van der Waals surface area (Å²) >= 11 is 0. The highest BCUT2D eigenvalue weighted by atomic mass is 16.3. The Labute approximate surface area is 140 Å². The van der Waals surface area contributed by atoms with E-state index in [1.165, 1.54) is 6.08 Å².